The average Bonchev–Trinajstić information content (AvgIpc) is 3.07. The normalized spacial score (nSPS) is 13.4. The van der Waals surface area contributed by atoms with Gasteiger partial charge in [-0.25, -0.2) is 4.39 Å². The molecule has 0 radical (unpaired) electrons. The maximum Gasteiger partial charge on any atom is 0.366 e. The van der Waals surface area contributed by atoms with Crippen molar-refractivity contribution in [1.29, 1.82) is 0 Å². The first-order chi connectivity index (χ1) is 27.7. The van der Waals surface area contributed by atoms with E-state index < -0.39 is 37.8 Å². The molecule has 0 aliphatic heterocycles. The summed E-state index contributed by atoms with van der Waals surface area (Å²) < 4.78 is 94.9. The van der Waals surface area contributed by atoms with Crippen molar-refractivity contribution in [2.75, 3.05) is 26.1 Å². The van der Waals surface area contributed by atoms with Gasteiger partial charge in [0.15, 0.2) is 11.6 Å². The Labute approximate surface area is 364 Å². The topological polar surface area (TPSA) is 120 Å². The zero-order valence-corrected chi connectivity index (χ0v) is 43.0. The molecule has 12 nitrogen and oxygen atoms in total. The van der Waals surface area contributed by atoms with Gasteiger partial charge in [-0.05, 0) is 158 Å². The van der Waals surface area contributed by atoms with Crippen molar-refractivity contribution < 1.29 is 54.4 Å². The van der Waals surface area contributed by atoms with Crippen LogP contribution in [0, 0.1) is 5.82 Å². The van der Waals surface area contributed by atoms with Gasteiger partial charge in [0.05, 0.1) is 55.9 Å². The number of anilines is 1. The molecular formula is C43H74FNO11P4. The maximum atomic E-state index is 14.3. The number of benzene rings is 2. The van der Waals surface area contributed by atoms with E-state index in [0.717, 1.165) is 11.3 Å². The van der Waals surface area contributed by atoms with E-state index in [1.807, 2.05) is 132 Å². The standard InChI is InChI=1S/C22H39NO5P2.C21H35FO6P2/c1-16(2)25-29(26-17(3)4)22(30(24,27-18(5)6)28-19(7)8)15-20-11-13-21(14-12-20)23(9)10;1-14(2)25-29(26-15(3)4)21(30(23,27-16(5)6)28-17(7)8)13-18-10-11-20(24-9)19(22)12-18/h11-19H,1-10H3;10-17H,1-9H3/b22-15+;21-13+. The molecule has 0 amide bonds. The molecule has 17 heteroatoms. The van der Waals surface area contributed by atoms with Gasteiger partial charge in [0.2, 0.25) is 16.8 Å². The van der Waals surface area contributed by atoms with Crippen LogP contribution in [0.1, 0.15) is 122 Å². The van der Waals surface area contributed by atoms with Gasteiger partial charge in [-0.1, -0.05) is 18.2 Å². The van der Waals surface area contributed by atoms with Crippen LogP contribution in [0.15, 0.2) is 52.6 Å². The Morgan fingerprint density at radius 3 is 1.12 bits per heavy atom. The Morgan fingerprint density at radius 1 is 0.533 bits per heavy atom. The summed E-state index contributed by atoms with van der Waals surface area (Å²) in [6, 6.07) is 12.4. The number of methoxy groups -OCH3 is 1. The molecule has 0 aliphatic carbocycles. The Morgan fingerprint density at radius 2 is 0.850 bits per heavy atom. The van der Waals surface area contributed by atoms with E-state index in [2.05, 4.69) is 0 Å². The highest BCUT2D eigenvalue weighted by atomic mass is 31.2. The van der Waals surface area contributed by atoms with Crippen LogP contribution >= 0.6 is 31.9 Å². The van der Waals surface area contributed by atoms with E-state index in [1.165, 1.54) is 19.2 Å². The summed E-state index contributed by atoms with van der Waals surface area (Å²) in [5.41, 5.74) is 2.42. The molecule has 0 atom stereocenters. The number of hydrogen-bond acceptors (Lipinski definition) is 12. The largest absolute Gasteiger partial charge is 0.494 e. The van der Waals surface area contributed by atoms with Gasteiger partial charge in [0, 0.05) is 19.8 Å². The first kappa shape index (κ1) is 56.5. The van der Waals surface area contributed by atoms with Crippen molar-refractivity contribution in [2.24, 2.45) is 0 Å². The molecule has 0 N–H and O–H groups in total. The molecule has 0 unspecified atom stereocenters. The molecule has 2 aromatic carbocycles. The van der Waals surface area contributed by atoms with E-state index in [-0.39, 0.29) is 59.6 Å². The minimum absolute atomic E-state index is 0.110. The lowest BCUT2D eigenvalue weighted by molar-refractivity contribution is 0.144. The Bertz CT molecular complexity index is 1670. The number of hydrogen-bond donors (Lipinski definition) is 0. The van der Waals surface area contributed by atoms with Crippen LogP contribution < -0.4 is 9.64 Å². The third-order valence-electron chi connectivity index (χ3n) is 6.74. The summed E-state index contributed by atoms with van der Waals surface area (Å²) in [4.78, 5) is 2.03. The molecular weight excluding hydrogens is 849 g/mol. The second kappa shape index (κ2) is 26.9. The van der Waals surface area contributed by atoms with E-state index in [9.17, 15) is 13.5 Å². The highest BCUT2D eigenvalue weighted by Gasteiger charge is 2.42. The van der Waals surface area contributed by atoms with Crippen LogP contribution in [-0.4, -0.2) is 70.0 Å². The zero-order chi connectivity index (χ0) is 46.1. The molecule has 344 valence electrons. The molecule has 0 saturated carbocycles. The van der Waals surface area contributed by atoms with Gasteiger partial charge in [0.1, 0.15) is 10.1 Å². The second-order valence-electron chi connectivity index (χ2n) is 16.1. The number of halogens is 1. The molecule has 0 heterocycles. The highest BCUT2D eigenvalue weighted by Crippen LogP contribution is 2.73. The first-order valence-corrected chi connectivity index (χ1v) is 25.9. The molecule has 0 aliphatic rings. The SMILES string of the molecule is CC(C)OP(OC(C)C)/C(=C\c1ccc(N(C)C)cc1)P(=O)(OC(C)C)OC(C)C.COc1ccc(/C=C(\P(OC(C)C)OC(C)C)P(=O)(OC(C)C)OC(C)C)cc1F. The first-order valence-electron chi connectivity index (χ1n) is 20.5. The third-order valence-corrected chi connectivity index (χ3v) is 16.8. The lowest BCUT2D eigenvalue weighted by Crippen LogP contribution is -2.12. The summed E-state index contributed by atoms with van der Waals surface area (Å²) in [7, 11) is -5.59. The Hall–Kier alpha value is -1.55. The van der Waals surface area contributed by atoms with Gasteiger partial charge in [-0.2, -0.15) is 0 Å². The van der Waals surface area contributed by atoms with Crippen LogP contribution in [0.4, 0.5) is 10.1 Å². The number of rotatable bonds is 24. The van der Waals surface area contributed by atoms with Crippen LogP contribution in [0.3, 0.4) is 0 Å². The van der Waals surface area contributed by atoms with E-state index in [4.69, 9.17) is 40.9 Å². The van der Waals surface area contributed by atoms with Crippen molar-refractivity contribution in [3.8, 4) is 5.75 Å². The zero-order valence-electron chi connectivity index (χ0n) is 39.4. The predicted molar refractivity (Wildman–Crippen MR) is 248 cm³/mol. The quantitative estimate of drug-likeness (QED) is 0.0932. The maximum absolute atomic E-state index is 14.3. The van der Waals surface area contributed by atoms with Gasteiger partial charge in [-0.15, -0.1) is 0 Å². The van der Waals surface area contributed by atoms with Crippen LogP contribution in [0.5, 0.6) is 5.75 Å². The summed E-state index contributed by atoms with van der Waals surface area (Å²) in [5, 5.41) is 0.673. The minimum atomic E-state index is -3.82. The second-order valence-corrected chi connectivity index (χ2v) is 23.5. The molecule has 0 saturated heterocycles. The van der Waals surface area contributed by atoms with E-state index in [1.54, 1.807) is 39.8 Å². The summed E-state index contributed by atoms with van der Waals surface area (Å²) in [6.07, 6.45) is 1.47. The number of ether oxygens (including phenoxy) is 1. The van der Waals surface area contributed by atoms with E-state index in [0.29, 0.717) is 10.6 Å². The van der Waals surface area contributed by atoms with E-state index >= 15 is 0 Å². The molecule has 0 fully saturated rings. The molecule has 0 aromatic heterocycles. The average molecular weight is 924 g/mol. The van der Waals surface area contributed by atoms with Gasteiger partial charge >= 0.3 is 15.2 Å². The Kier molecular flexibility index (Phi) is 25.3. The summed E-state index contributed by atoms with van der Waals surface area (Å²) in [6.45, 7) is 29.6. The highest BCUT2D eigenvalue weighted by molar-refractivity contribution is 7.77. The van der Waals surface area contributed by atoms with Gasteiger partial charge in [0.25, 0.3) is 0 Å². The van der Waals surface area contributed by atoms with Crippen molar-refractivity contribution in [1.82, 2.24) is 0 Å². The Balaban J connectivity index is 0.000000600. The van der Waals surface area contributed by atoms with Crippen LogP contribution in [0.25, 0.3) is 12.2 Å². The molecule has 0 spiro atoms. The fourth-order valence-corrected chi connectivity index (χ4v) is 13.5. The summed E-state index contributed by atoms with van der Waals surface area (Å²) in [5.74, 6) is -0.415. The minimum Gasteiger partial charge on any atom is -0.494 e. The van der Waals surface area contributed by atoms with Crippen molar-refractivity contribution >= 4 is 49.8 Å². The van der Waals surface area contributed by atoms with Gasteiger partial charge < -0.3 is 45.8 Å². The van der Waals surface area contributed by atoms with Gasteiger partial charge in [-0.3, -0.25) is 9.13 Å². The van der Waals surface area contributed by atoms with Crippen molar-refractivity contribution in [3.05, 3.63) is 69.5 Å². The monoisotopic (exact) mass is 923 g/mol. The molecule has 60 heavy (non-hydrogen) atoms. The fourth-order valence-electron chi connectivity index (χ4n) is 4.81. The summed E-state index contributed by atoms with van der Waals surface area (Å²) >= 11 is 0. The lowest BCUT2D eigenvalue weighted by Gasteiger charge is -2.30. The van der Waals surface area contributed by atoms with Crippen LogP contribution in [-0.2, 0) is 45.3 Å². The third kappa shape index (κ3) is 20.8. The van der Waals surface area contributed by atoms with Crippen LogP contribution in [0.2, 0.25) is 0 Å². The number of nitrogens with zero attached hydrogens (tertiary/aromatic N) is 1. The predicted octanol–water partition coefficient (Wildman–Crippen LogP) is 14.6. The fraction of sp³-hybridized carbons (Fsp3) is 0.628. The smallest absolute Gasteiger partial charge is 0.366 e. The molecule has 2 rings (SSSR count). The van der Waals surface area contributed by atoms with Crippen molar-refractivity contribution in [2.45, 2.75) is 160 Å². The van der Waals surface area contributed by atoms with Crippen molar-refractivity contribution in [3.63, 3.8) is 0 Å². The molecule has 0 bridgehead atoms. The lowest BCUT2D eigenvalue weighted by atomic mass is 10.2. The molecule has 2 aromatic rings.